The number of rotatable bonds is 5. The van der Waals surface area contributed by atoms with E-state index in [2.05, 4.69) is 26.8 Å². The summed E-state index contributed by atoms with van der Waals surface area (Å²) in [6.07, 6.45) is 2.15. The van der Waals surface area contributed by atoms with Crippen LogP contribution in [0.15, 0.2) is 12.1 Å². The fourth-order valence-corrected chi connectivity index (χ4v) is 4.51. The quantitative estimate of drug-likeness (QED) is 0.826. The molecule has 1 fully saturated rings. The van der Waals surface area contributed by atoms with Gasteiger partial charge in [-0.3, -0.25) is 0 Å². The van der Waals surface area contributed by atoms with Gasteiger partial charge in [-0.05, 0) is 54.9 Å². The van der Waals surface area contributed by atoms with Crippen molar-refractivity contribution in [3.8, 4) is 11.5 Å². The Balaban J connectivity index is 2.02. The molecule has 0 spiro atoms. The van der Waals surface area contributed by atoms with E-state index in [4.69, 9.17) is 18.9 Å². The molecule has 1 N–H and O–H groups in total. The van der Waals surface area contributed by atoms with Crippen LogP contribution in [-0.4, -0.2) is 37.8 Å². The van der Waals surface area contributed by atoms with Crippen LogP contribution in [0.5, 0.6) is 11.5 Å². The lowest BCUT2D eigenvalue weighted by Crippen LogP contribution is -2.58. The van der Waals surface area contributed by atoms with E-state index in [0.29, 0.717) is 12.4 Å². The van der Waals surface area contributed by atoms with E-state index in [0.717, 1.165) is 36.1 Å². The Morgan fingerprint density at radius 3 is 2.64 bits per heavy atom. The fraction of sp³-hybridized carbons (Fsp3) is 0.700. The minimum Gasteiger partial charge on any atom is -0.483 e. The predicted molar refractivity (Wildman–Crippen MR) is 94.9 cm³/mol. The maximum Gasteiger partial charge on any atom is 0.188 e. The molecule has 1 aromatic carbocycles. The van der Waals surface area contributed by atoms with Crippen molar-refractivity contribution in [2.24, 2.45) is 11.3 Å². The second kappa shape index (κ2) is 6.78. The molecule has 5 heteroatoms. The zero-order chi connectivity index (χ0) is 18.2. The molecule has 2 aliphatic rings. The number of ether oxygens (including phenoxy) is 4. The summed E-state index contributed by atoms with van der Waals surface area (Å²) < 4.78 is 22.7. The van der Waals surface area contributed by atoms with Crippen molar-refractivity contribution in [2.45, 2.75) is 58.3 Å². The number of fused-ring (bicyclic) bond motifs is 2. The molecule has 1 aliphatic carbocycles. The maximum absolute atomic E-state index is 10.5. The van der Waals surface area contributed by atoms with Gasteiger partial charge in [0.2, 0.25) is 0 Å². The second-order valence-corrected chi connectivity index (χ2v) is 8.11. The Hall–Kier alpha value is -1.30. The van der Waals surface area contributed by atoms with E-state index < -0.39 is 0 Å². The van der Waals surface area contributed by atoms with Crippen molar-refractivity contribution in [3.05, 3.63) is 23.3 Å². The lowest BCUT2D eigenvalue weighted by atomic mass is 9.57. The van der Waals surface area contributed by atoms with Crippen LogP contribution in [-0.2, 0) is 22.5 Å². The summed E-state index contributed by atoms with van der Waals surface area (Å²) in [5.41, 5.74) is 1.66. The number of methoxy groups -OCH3 is 2. The van der Waals surface area contributed by atoms with E-state index in [-0.39, 0.29) is 29.8 Å². The van der Waals surface area contributed by atoms with Crippen LogP contribution in [0.1, 0.15) is 44.7 Å². The monoisotopic (exact) mass is 350 g/mol. The van der Waals surface area contributed by atoms with Gasteiger partial charge in [-0.1, -0.05) is 13.8 Å². The average molecular weight is 350 g/mol. The number of aliphatic hydroxyl groups is 1. The van der Waals surface area contributed by atoms with Crippen LogP contribution in [0.3, 0.4) is 0 Å². The van der Waals surface area contributed by atoms with E-state index in [9.17, 15) is 5.11 Å². The molecule has 0 bridgehead atoms. The first kappa shape index (κ1) is 18.5. The Bertz CT molecular complexity index is 627. The molecule has 140 valence electrons. The molecular formula is C20H30O5. The van der Waals surface area contributed by atoms with Gasteiger partial charge in [0.05, 0.1) is 12.7 Å². The van der Waals surface area contributed by atoms with Crippen LogP contribution >= 0.6 is 0 Å². The first-order chi connectivity index (χ1) is 11.8. The summed E-state index contributed by atoms with van der Waals surface area (Å²) in [5.74, 6) is 1.75. The molecule has 0 radical (unpaired) electrons. The van der Waals surface area contributed by atoms with Crippen LogP contribution in [0.25, 0.3) is 0 Å². The summed E-state index contributed by atoms with van der Waals surface area (Å²) >= 11 is 0. The van der Waals surface area contributed by atoms with Crippen molar-refractivity contribution < 1.29 is 24.1 Å². The van der Waals surface area contributed by atoms with Gasteiger partial charge >= 0.3 is 0 Å². The van der Waals surface area contributed by atoms with Crippen molar-refractivity contribution in [1.82, 2.24) is 0 Å². The highest BCUT2D eigenvalue weighted by Crippen LogP contribution is 2.54. The van der Waals surface area contributed by atoms with Gasteiger partial charge in [-0.25, -0.2) is 0 Å². The highest BCUT2D eigenvalue weighted by atomic mass is 16.7. The molecule has 0 saturated heterocycles. The lowest BCUT2D eigenvalue weighted by molar-refractivity contribution is -0.138. The van der Waals surface area contributed by atoms with Gasteiger partial charge in [0.1, 0.15) is 5.60 Å². The van der Waals surface area contributed by atoms with Gasteiger partial charge in [-0.15, -0.1) is 0 Å². The van der Waals surface area contributed by atoms with E-state index >= 15 is 0 Å². The van der Waals surface area contributed by atoms with Gasteiger partial charge in [0, 0.05) is 20.1 Å². The van der Waals surface area contributed by atoms with Gasteiger partial charge in [-0.2, -0.15) is 0 Å². The molecule has 1 aromatic rings. The Labute approximate surface area is 150 Å². The van der Waals surface area contributed by atoms with Crippen molar-refractivity contribution >= 4 is 0 Å². The van der Waals surface area contributed by atoms with Crippen LogP contribution in [0, 0.1) is 11.3 Å². The van der Waals surface area contributed by atoms with Gasteiger partial charge < -0.3 is 24.1 Å². The minimum atomic E-state index is -0.304. The highest BCUT2D eigenvalue weighted by molar-refractivity contribution is 5.51. The Morgan fingerprint density at radius 1 is 1.20 bits per heavy atom. The summed E-state index contributed by atoms with van der Waals surface area (Å²) in [7, 11) is 3.29. The molecule has 3 atom stereocenters. The summed E-state index contributed by atoms with van der Waals surface area (Å²) in [4.78, 5) is 0. The predicted octanol–water partition coefficient (Wildman–Crippen LogP) is 3.31. The van der Waals surface area contributed by atoms with Crippen molar-refractivity contribution in [2.75, 3.05) is 21.0 Å². The maximum atomic E-state index is 10.5. The molecule has 0 amide bonds. The highest BCUT2D eigenvalue weighted by Gasteiger charge is 2.54. The fourth-order valence-electron chi connectivity index (χ4n) is 4.51. The number of benzene rings is 1. The summed E-state index contributed by atoms with van der Waals surface area (Å²) in [5, 5.41) is 10.5. The summed E-state index contributed by atoms with van der Waals surface area (Å²) in [6, 6.07) is 4.10. The molecule has 1 aliphatic heterocycles. The first-order valence-corrected chi connectivity index (χ1v) is 8.95. The van der Waals surface area contributed by atoms with Gasteiger partial charge in [0.25, 0.3) is 0 Å². The van der Waals surface area contributed by atoms with Crippen molar-refractivity contribution in [3.63, 3.8) is 0 Å². The summed E-state index contributed by atoms with van der Waals surface area (Å²) in [6.45, 7) is 7.16. The molecule has 3 rings (SSSR count). The standard InChI is InChI=1S/C20H30O5/c1-19(2)16-10-14-8-13(11-22-4)9-15(24-12-23-5)18(14)25-20(16,3)7-6-17(19)21/h8-9,16-17,21H,6-7,10-12H2,1-5H3/t16-,17-,20-/m1/s1. The normalized spacial score (nSPS) is 30.2. The topological polar surface area (TPSA) is 57.2 Å². The van der Waals surface area contributed by atoms with E-state index in [1.807, 2.05) is 6.07 Å². The number of hydrogen-bond donors (Lipinski definition) is 1. The SMILES string of the molecule is COCOc1cc(COC)cc2c1O[C@]1(C)CC[C@@H](O)C(C)(C)[C@H]1C2. The molecule has 25 heavy (non-hydrogen) atoms. The molecule has 0 aromatic heterocycles. The molecule has 5 nitrogen and oxygen atoms in total. The van der Waals surface area contributed by atoms with Crippen LogP contribution in [0.4, 0.5) is 0 Å². The third kappa shape index (κ3) is 3.25. The smallest absolute Gasteiger partial charge is 0.188 e. The van der Waals surface area contributed by atoms with E-state index in [1.54, 1.807) is 14.2 Å². The largest absolute Gasteiger partial charge is 0.483 e. The average Bonchev–Trinajstić information content (AvgIpc) is 2.56. The van der Waals surface area contributed by atoms with Gasteiger partial charge in [0.15, 0.2) is 18.3 Å². The number of hydrogen-bond acceptors (Lipinski definition) is 5. The molecule has 1 heterocycles. The molecule has 1 saturated carbocycles. The van der Waals surface area contributed by atoms with Crippen molar-refractivity contribution in [1.29, 1.82) is 0 Å². The second-order valence-electron chi connectivity index (χ2n) is 8.11. The lowest BCUT2D eigenvalue weighted by Gasteiger charge is -2.55. The Morgan fingerprint density at radius 2 is 1.96 bits per heavy atom. The number of aliphatic hydroxyl groups excluding tert-OH is 1. The zero-order valence-electron chi connectivity index (χ0n) is 15.9. The molecule has 0 unspecified atom stereocenters. The van der Waals surface area contributed by atoms with Crippen LogP contribution < -0.4 is 9.47 Å². The minimum absolute atomic E-state index is 0.177. The zero-order valence-corrected chi connectivity index (χ0v) is 15.9. The third-order valence-corrected chi connectivity index (χ3v) is 6.00. The first-order valence-electron chi connectivity index (χ1n) is 8.95. The third-order valence-electron chi connectivity index (χ3n) is 6.00. The van der Waals surface area contributed by atoms with E-state index in [1.165, 1.54) is 0 Å². The Kier molecular flexibility index (Phi) is 5.02. The molecular weight excluding hydrogens is 320 g/mol. The van der Waals surface area contributed by atoms with Crippen LogP contribution in [0.2, 0.25) is 0 Å².